The van der Waals surface area contributed by atoms with Gasteiger partial charge in [0, 0.05) is 12.7 Å². The van der Waals surface area contributed by atoms with E-state index in [9.17, 15) is 14.4 Å². The summed E-state index contributed by atoms with van der Waals surface area (Å²) in [6.45, 7) is 4.40. The van der Waals surface area contributed by atoms with Gasteiger partial charge >= 0.3 is 0 Å². The van der Waals surface area contributed by atoms with Crippen molar-refractivity contribution < 1.29 is 24.4 Å². The lowest BCUT2D eigenvalue weighted by Crippen LogP contribution is -2.98. The Bertz CT molecular complexity index is 793. The number of likely N-dealkylation sites (tertiary alicyclic amines) is 1. The van der Waals surface area contributed by atoms with Crippen molar-refractivity contribution in [2.75, 3.05) is 25.6 Å². The Morgan fingerprint density at radius 3 is 2.76 bits per heavy atom. The van der Waals surface area contributed by atoms with Crippen LogP contribution in [0.5, 0.6) is 0 Å². The minimum Gasteiger partial charge on any atom is -0.383 e. The third-order valence-electron chi connectivity index (χ3n) is 5.79. The Kier molecular flexibility index (Phi) is 3.49. The first-order valence-corrected chi connectivity index (χ1v) is 8.54. The van der Waals surface area contributed by atoms with Gasteiger partial charge in [0.15, 0.2) is 0 Å². The number of amides is 3. The minimum absolute atomic E-state index is 0.147. The van der Waals surface area contributed by atoms with Crippen LogP contribution in [0.4, 0.5) is 5.69 Å². The molecular weight excluding hydrogens is 322 g/mol. The first-order valence-electron chi connectivity index (χ1n) is 8.54. The summed E-state index contributed by atoms with van der Waals surface area (Å²) in [4.78, 5) is 40.2. The van der Waals surface area contributed by atoms with Crippen molar-refractivity contribution in [3.63, 3.8) is 0 Å². The lowest BCUT2D eigenvalue weighted by atomic mass is 9.76. The zero-order valence-corrected chi connectivity index (χ0v) is 14.5. The lowest BCUT2D eigenvalue weighted by molar-refractivity contribution is -0.730. The molecule has 1 aromatic rings. The molecule has 7 nitrogen and oxygen atoms in total. The molecule has 0 aliphatic carbocycles. The normalized spacial score (nSPS) is 33.2. The first kappa shape index (κ1) is 16.2. The highest BCUT2D eigenvalue weighted by Crippen LogP contribution is 2.48. The molecule has 0 radical (unpaired) electrons. The number of nitrogens with two attached hydrogens (primary N) is 1. The molecule has 7 heteroatoms. The Labute approximate surface area is 145 Å². The van der Waals surface area contributed by atoms with E-state index in [1.807, 2.05) is 37.4 Å². The summed E-state index contributed by atoms with van der Waals surface area (Å²) in [7, 11) is 1.53. The Morgan fingerprint density at radius 2 is 2.04 bits per heavy atom. The number of fused-ring (bicyclic) bond motifs is 4. The maximum Gasteiger partial charge on any atom is 0.291 e. The van der Waals surface area contributed by atoms with E-state index in [1.54, 1.807) is 0 Å². The summed E-state index contributed by atoms with van der Waals surface area (Å²) in [5, 5.41) is 4.82. The second-order valence-corrected chi connectivity index (χ2v) is 7.22. The van der Waals surface area contributed by atoms with Gasteiger partial charge < -0.3 is 15.4 Å². The van der Waals surface area contributed by atoms with Gasteiger partial charge in [-0.1, -0.05) is 11.6 Å². The molecule has 132 valence electrons. The molecule has 3 aliphatic heterocycles. The van der Waals surface area contributed by atoms with Crippen LogP contribution in [0.15, 0.2) is 18.2 Å². The second-order valence-electron chi connectivity index (χ2n) is 7.22. The largest absolute Gasteiger partial charge is 0.383 e. The zero-order chi connectivity index (χ0) is 17.9. The van der Waals surface area contributed by atoms with Gasteiger partial charge in [0.25, 0.3) is 5.91 Å². The molecule has 3 N–H and O–H groups in total. The third-order valence-corrected chi connectivity index (χ3v) is 5.79. The van der Waals surface area contributed by atoms with Crippen LogP contribution in [0.3, 0.4) is 0 Å². The third kappa shape index (κ3) is 1.96. The average Bonchev–Trinajstić information content (AvgIpc) is 3.12. The average molecular weight is 344 g/mol. The van der Waals surface area contributed by atoms with E-state index in [-0.39, 0.29) is 30.3 Å². The number of hydrogen-bond acceptors (Lipinski definition) is 4. The summed E-state index contributed by atoms with van der Waals surface area (Å²) in [5.74, 6) is -1.82. The Balaban J connectivity index is 1.83. The summed E-state index contributed by atoms with van der Waals surface area (Å²) < 4.78 is 5.03. The van der Waals surface area contributed by atoms with Gasteiger partial charge in [-0.2, -0.15) is 0 Å². The van der Waals surface area contributed by atoms with Crippen LogP contribution < -0.4 is 10.6 Å². The van der Waals surface area contributed by atoms with Crippen LogP contribution in [-0.2, 0) is 24.7 Å². The van der Waals surface area contributed by atoms with Gasteiger partial charge in [-0.3, -0.25) is 19.3 Å². The van der Waals surface area contributed by atoms with Crippen LogP contribution in [0.2, 0.25) is 0 Å². The number of methoxy groups -OCH3 is 1. The monoisotopic (exact) mass is 344 g/mol. The van der Waals surface area contributed by atoms with E-state index in [1.165, 1.54) is 12.0 Å². The van der Waals surface area contributed by atoms with Gasteiger partial charge in [0.1, 0.15) is 11.8 Å². The number of rotatable bonds is 3. The fourth-order valence-corrected chi connectivity index (χ4v) is 4.72. The minimum atomic E-state index is -1.06. The van der Waals surface area contributed by atoms with E-state index in [4.69, 9.17) is 4.74 Å². The van der Waals surface area contributed by atoms with Gasteiger partial charge in [0.05, 0.1) is 24.9 Å². The Hall–Kier alpha value is -2.25. The summed E-state index contributed by atoms with van der Waals surface area (Å²) in [6, 6.07) is 5.60. The molecule has 0 saturated carbocycles. The number of nitrogens with zero attached hydrogens (tertiary/aromatic N) is 1. The van der Waals surface area contributed by atoms with Gasteiger partial charge in [-0.15, -0.1) is 0 Å². The smallest absolute Gasteiger partial charge is 0.291 e. The number of quaternary nitrogens is 1. The molecule has 1 spiro atoms. The number of anilines is 1. The van der Waals surface area contributed by atoms with E-state index >= 15 is 0 Å². The summed E-state index contributed by atoms with van der Waals surface area (Å²) in [5.41, 5.74) is 1.51. The Morgan fingerprint density at radius 1 is 1.28 bits per heavy atom. The molecule has 25 heavy (non-hydrogen) atoms. The molecule has 4 rings (SSSR count). The molecule has 4 atom stereocenters. The maximum absolute atomic E-state index is 13.1. The number of benzene rings is 1. The second kappa shape index (κ2) is 5.37. The standard InChI is InChI=1S/C18H21N3O4/c1-9-4-5-12-11(8-9)18(17(24)19-12)14-13(10(2)20-18)15(22)21(16(14)23)6-7-25-3/h4-5,8,10,13-14,20H,6-7H2,1-3H3,(H,19,24)/p+1/t10-,13+,14-,18+/m0/s1. The predicted octanol–water partition coefficient (Wildman–Crippen LogP) is -0.644. The fourth-order valence-electron chi connectivity index (χ4n) is 4.72. The van der Waals surface area contributed by atoms with Crippen LogP contribution in [0, 0.1) is 18.8 Å². The molecule has 1 aromatic carbocycles. The van der Waals surface area contributed by atoms with Crippen molar-refractivity contribution in [3.8, 4) is 0 Å². The highest BCUT2D eigenvalue weighted by Gasteiger charge is 2.73. The first-order chi connectivity index (χ1) is 11.9. The zero-order valence-electron chi connectivity index (χ0n) is 14.5. The molecule has 3 aliphatic rings. The van der Waals surface area contributed by atoms with E-state index in [0.717, 1.165) is 16.8 Å². The number of carbonyl (C=O) groups excluding carboxylic acids is 3. The molecule has 2 fully saturated rings. The number of aryl methyl sites for hydroxylation is 1. The highest BCUT2D eigenvalue weighted by molar-refractivity contribution is 6.13. The molecule has 0 aromatic heterocycles. The van der Waals surface area contributed by atoms with Gasteiger partial charge in [0.2, 0.25) is 17.4 Å². The fraction of sp³-hybridized carbons (Fsp3) is 0.500. The van der Waals surface area contributed by atoms with Crippen LogP contribution in [0.25, 0.3) is 0 Å². The predicted molar refractivity (Wildman–Crippen MR) is 88.5 cm³/mol. The molecule has 0 bridgehead atoms. The molecule has 0 unspecified atom stereocenters. The maximum atomic E-state index is 13.1. The van der Waals surface area contributed by atoms with Gasteiger partial charge in [-0.05, 0) is 26.0 Å². The summed E-state index contributed by atoms with van der Waals surface area (Å²) in [6.07, 6.45) is 0. The molecule has 3 heterocycles. The van der Waals surface area contributed by atoms with Gasteiger partial charge in [-0.25, -0.2) is 0 Å². The number of carbonyl (C=O) groups is 3. The van der Waals surface area contributed by atoms with Crippen LogP contribution in [0.1, 0.15) is 18.1 Å². The molecule has 3 amide bonds. The van der Waals surface area contributed by atoms with E-state index in [2.05, 4.69) is 5.32 Å². The van der Waals surface area contributed by atoms with Crippen LogP contribution >= 0.6 is 0 Å². The van der Waals surface area contributed by atoms with Crippen molar-refractivity contribution >= 4 is 23.4 Å². The topological polar surface area (TPSA) is 92.3 Å². The van der Waals surface area contributed by atoms with Crippen molar-refractivity contribution in [2.45, 2.75) is 25.4 Å². The lowest BCUT2D eigenvalue weighted by Gasteiger charge is -2.26. The SMILES string of the molecule is COCCN1C(=O)[C@@H]2[C@H](C)[NH2+][C@@]3(C(=O)Nc4ccc(C)cc43)[C@@H]2C1=O. The van der Waals surface area contributed by atoms with Crippen LogP contribution in [-0.4, -0.2) is 48.9 Å². The van der Waals surface area contributed by atoms with Crippen molar-refractivity contribution in [3.05, 3.63) is 29.3 Å². The number of hydrogen-bond donors (Lipinski definition) is 2. The number of nitrogens with one attached hydrogen (secondary N) is 1. The number of imide groups is 1. The van der Waals surface area contributed by atoms with E-state index < -0.39 is 17.4 Å². The molecule has 2 saturated heterocycles. The summed E-state index contributed by atoms with van der Waals surface area (Å²) >= 11 is 0. The number of ether oxygens (including phenoxy) is 1. The van der Waals surface area contributed by atoms with Crippen molar-refractivity contribution in [2.24, 2.45) is 11.8 Å². The highest BCUT2D eigenvalue weighted by atomic mass is 16.5. The molecular formula is C18H22N3O4+. The van der Waals surface area contributed by atoms with Crippen molar-refractivity contribution in [1.82, 2.24) is 4.90 Å². The quantitative estimate of drug-likeness (QED) is 0.713. The van der Waals surface area contributed by atoms with Crippen molar-refractivity contribution in [1.29, 1.82) is 0 Å². The van der Waals surface area contributed by atoms with E-state index in [0.29, 0.717) is 6.61 Å².